The van der Waals surface area contributed by atoms with E-state index < -0.39 is 24.4 Å². The summed E-state index contributed by atoms with van der Waals surface area (Å²) in [6.07, 6.45) is -5.27. The van der Waals surface area contributed by atoms with Gasteiger partial charge in [-0.25, -0.2) is 4.68 Å². The largest absolute Gasteiger partial charge is 0.390 e. The highest BCUT2D eigenvalue weighted by Crippen LogP contribution is 2.41. The van der Waals surface area contributed by atoms with Crippen LogP contribution in [-0.4, -0.2) is 71.5 Å². The molecule has 3 aromatic rings. The van der Waals surface area contributed by atoms with E-state index in [0.717, 1.165) is 11.1 Å². The van der Waals surface area contributed by atoms with E-state index in [0.29, 0.717) is 22.6 Å². The van der Waals surface area contributed by atoms with Gasteiger partial charge in [0.1, 0.15) is 29.8 Å². The Hall–Kier alpha value is -3.44. The van der Waals surface area contributed by atoms with Gasteiger partial charge in [-0.15, -0.1) is 5.10 Å². The normalized spacial score (nSPS) is 15.9. The molecule has 4 atom stereocenters. The van der Waals surface area contributed by atoms with E-state index in [9.17, 15) is 30.0 Å². The summed E-state index contributed by atoms with van der Waals surface area (Å²) in [4.78, 5) is 26.4. The SMILES string of the molecule is CC[C@@H](O)[C@H](O)[C@H](O)[C@@H](O)Cn1nnc2c1-c1ccccc1CN(C(=O)CCC(C)=O)c1ccccc1-2. The van der Waals surface area contributed by atoms with Crippen LogP contribution in [-0.2, 0) is 22.7 Å². The van der Waals surface area contributed by atoms with Crippen LogP contribution in [0.25, 0.3) is 22.5 Å². The Morgan fingerprint density at radius 3 is 2.27 bits per heavy atom. The molecule has 0 spiro atoms. The molecular weight excluding hydrogens is 476 g/mol. The molecule has 0 saturated carbocycles. The third kappa shape index (κ3) is 5.47. The Labute approximate surface area is 214 Å². The summed E-state index contributed by atoms with van der Waals surface area (Å²) in [5.74, 6) is -0.244. The number of carbonyl (C=O) groups excluding carboxylic acids is 2. The second-order valence-corrected chi connectivity index (χ2v) is 9.35. The molecule has 0 fully saturated rings. The van der Waals surface area contributed by atoms with E-state index in [2.05, 4.69) is 10.3 Å². The number of hydrogen-bond donors (Lipinski definition) is 4. The first-order valence-corrected chi connectivity index (χ1v) is 12.4. The molecule has 4 N–H and O–H groups in total. The summed E-state index contributed by atoms with van der Waals surface area (Å²) in [5, 5.41) is 49.9. The lowest BCUT2D eigenvalue weighted by Gasteiger charge is -2.29. The molecule has 0 unspecified atom stereocenters. The first-order valence-electron chi connectivity index (χ1n) is 12.4. The van der Waals surface area contributed by atoms with Crippen molar-refractivity contribution in [3.05, 3.63) is 54.1 Å². The number of rotatable bonds is 9. The van der Waals surface area contributed by atoms with Crippen molar-refractivity contribution in [2.24, 2.45) is 0 Å². The van der Waals surface area contributed by atoms with Crippen molar-refractivity contribution in [1.29, 1.82) is 0 Å². The fourth-order valence-electron chi connectivity index (χ4n) is 4.57. The Bertz CT molecular complexity index is 1280. The molecule has 10 nitrogen and oxygen atoms in total. The number of aliphatic hydroxyl groups excluding tert-OH is 4. The molecule has 0 aliphatic carbocycles. The number of amides is 1. The Morgan fingerprint density at radius 1 is 0.919 bits per heavy atom. The van der Waals surface area contributed by atoms with Crippen molar-refractivity contribution in [2.75, 3.05) is 4.90 Å². The maximum Gasteiger partial charge on any atom is 0.227 e. The minimum atomic E-state index is -1.60. The zero-order valence-corrected chi connectivity index (χ0v) is 20.9. The number of aliphatic hydroxyl groups is 4. The first kappa shape index (κ1) is 26.6. The van der Waals surface area contributed by atoms with Gasteiger partial charge in [-0.1, -0.05) is 54.6 Å². The number of anilines is 1. The summed E-state index contributed by atoms with van der Waals surface area (Å²) >= 11 is 0. The molecule has 0 saturated heterocycles. The summed E-state index contributed by atoms with van der Waals surface area (Å²) in [7, 11) is 0. The zero-order valence-electron chi connectivity index (χ0n) is 20.9. The second kappa shape index (κ2) is 11.3. The van der Waals surface area contributed by atoms with Gasteiger partial charge in [-0.05, 0) is 25.0 Å². The number of carbonyl (C=O) groups is 2. The van der Waals surface area contributed by atoms with E-state index in [1.807, 2.05) is 48.5 Å². The van der Waals surface area contributed by atoms with Crippen molar-refractivity contribution < 1.29 is 30.0 Å². The van der Waals surface area contributed by atoms with Crippen molar-refractivity contribution in [2.45, 2.75) is 70.6 Å². The molecule has 0 radical (unpaired) electrons. The highest BCUT2D eigenvalue weighted by Gasteiger charge is 2.33. The number of ketones is 1. The van der Waals surface area contributed by atoms with Gasteiger partial charge in [0.05, 0.1) is 30.6 Å². The Balaban J connectivity index is 1.79. The zero-order chi connectivity index (χ0) is 26.7. The molecule has 196 valence electrons. The van der Waals surface area contributed by atoms with Crippen molar-refractivity contribution in [1.82, 2.24) is 15.0 Å². The monoisotopic (exact) mass is 508 g/mol. The quantitative estimate of drug-likeness (QED) is 0.341. The van der Waals surface area contributed by atoms with Crippen LogP contribution in [0.4, 0.5) is 5.69 Å². The predicted octanol–water partition coefficient (Wildman–Crippen LogP) is 1.68. The van der Waals surface area contributed by atoms with Gasteiger partial charge in [-0.3, -0.25) is 4.79 Å². The van der Waals surface area contributed by atoms with Gasteiger partial charge in [0.2, 0.25) is 5.91 Å². The van der Waals surface area contributed by atoms with Gasteiger partial charge in [0, 0.05) is 24.0 Å². The number of aromatic nitrogens is 3. The van der Waals surface area contributed by atoms with E-state index >= 15 is 0 Å². The van der Waals surface area contributed by atoms with Crippen molar-refractivity contribution >= 4 is 17.4 Å². The molecule has 37 heavy (non-hydrogen) atoms. The smallest absolute Gasteiger partial charge is 0.227 e. The van der Waals surface area contributed by atoms with Crippen LogP contribution in [0.5, 0.6) is 0 Å². The maximum atomic E-state index is 13.2. The standard InChI is InChI=1S/C27H32N4O6/c1-3-21(33)26(36)27(37)22(34)15-31-25-18-9-5-4-8-17(18)14-30(23(35)13-12-16(2)32)20-11-7-6-10-19(20)24(25)28-29-31/h4-11,21-22,26-27,33-34,36-37H,3,12-15H2,1-2H3/t21-,22+,26+,27-/m1/s1. The lowest BCUT2D eigenvalue weighted by atomic mass is 9.95. The van der Waals surface area contributed by atoms with Crippen LogP contribution >= 0.6 is 0 Å². The fourth-order valence-corrected chi connectivity index (χ4v) is 4.57. The molecule has 1 aliphatic rings. The van der Waals surface area contributed by atoms with Gasteiger partial charge in [0.15, 0.2) is 0 Å². The fraction of sp³-hybridized carbons (Fsp3) is 0.407. The third-order valence-electron chi connectivity index (χ3n) is 6.69. The molecule has 2 aromatic carbocycles. The number of hydrogen-bond acceptors (Lipinski definition) is 8. The van der Waals surface area contributed by atoms with E-state index in [1.54, 1.807) is 11.8 Å². The summed E-state index contributed by atoms with van der Waals surface area (Å²) in [6, 6.07) is 14.8. The van der Waals surface area contributed by atoms with Crippen LogP contribution in [0.3, 0.4) is 0 Å². The molecule has 1 aromatic heterocycles. The van der Waals surface area contributed by atoms with E-state index in [4.69, 9.17) is 0 Å². The minimum absolute atomic E-state index is 0.0587. The van der Waals surface area contributed by atoms with Crippen molar-refractivity contribution in [3.63, 3.8) is 0 Å². The molecule has 10 heteroatoms. The number of nitrogens with zero attached hydrogens (tertiary/aromatic N) is 4. The summed E-state index contributed by atoms with van der Waals surface area (Å²) in [5.41, 5.74) is 3.93. The van der Waals surface area contributed by atoms with Gasteiger partial charge in [0.25, 0.3) is 0 Å². The van der Waals surface area contributed by atoms with Gasteiger partial charge >= 0.3 is 0 Å². The van der Waals surface area contributed by atoms with Crippen LogP contribution < -0.4 is 4.90 Å². The van der Waals surface area contributed by atoms with Crippen LogP contribution in [0.1, 0.15) is 38.7 Å². The van der Waals surface area contributed by atoms with Crippen LogP contribution in [0.2, 0.25) is 0 Å². The van der Waals surface area contributed by atoms with E-state index in [-0.39, 0.29) is 44.0 Å². The van der Waals surface area contributed by atoms with Crippen LogP contribution in [0, 0.1) is 0 Å². The molecule has 1 amide bonds. The highest BCUT2D eigenvalue weighted by atomic mass is 16.4. The highest BCUT2D eigenvalue weighted by molar-refractivity contribution is 6.01. The lowest BCUT2D eigenvalue weighted by Crippen LogP contribution is -2.45. The number of para-hydroxylation sites is 1. The van der Waals surface area contributed by atoms with Crippen LogP contribution in [0.15, 0.2) is 48.5 Å². The number of Topliss-reactive ketones (excluding diaryl/α,β-unsaturated/α-hetero) is 1. The molecule has 4 rings (SSSR count). The average molecular weight is 509 g/mol. The van der Waals surface area contributed by atoms with E-state index in [1.165, 1.54) is 11.6 Å². The average Bonchev–Trinajstić information content (AvgIpc) is 3.30. The molecule has 0 bridgehead atoms. The third-order valence-corrected chi connectivity index (χ3v) is 6.69. The molecular formula is C27H32N4O6. The minimum Gasteiger partial charge on any atom is -0.390 e. The van der Waals surface area contributed by atoms with Gasteiger partial charge < -0.3 is 30.1 Å². The number of fused-ring (bicyclic) bond motifs is 5. The molecule has 2 heterocycles. The topological polar surface area (TPSA) is 149 Å². The second-order valence-electron chi connectivity index (χ2n) is 9.35. The van der Waals surface area contributed by atoms with Crippen molar-refractivity contribution in [3.8, 4) is 22.5 Å². The van der Waals surface area contributed by atoms with Gasteiger partial charge in [-0.2, -0.15) is 0 Å². The maximum absolute atomic E-state index is 13.2. The predicted molar refractivity (Wildman–Crippen MR) is 136 cm³/mol. The lowest BCUT2D eigenvalue weighted by molar-refractivity contribution is -0.123. The molecule has 1 aliphatic heterocycles. The summed E-state index contributed by atoms with van der Waals surface area (Å²) in [6.45, 7) is 3.19. The summed E-state index contributed by atoms with van der Waals surface area (Å²) < 4.78 is 1.47. The first-order chi connectivity index (χ1) is 17.7. The Kier molecular flexibility index (Phi) is 8.13. The Morgan fingerprint density at radius 2 is 1.57 bits per heavy atom. The number of benzene rings is 2.